The molecule has 0 N–H and O–H groups in total. The van der Waals surface area contributed by atoms with Gasteiger partial charge >= 0.3 is 0 Å². The Morgan fingerprint density at radius 3 is 2.39 bits per heavy atom. The van der Waals surface area contributed by atoms with Crippen LogP contribution in [0.4, 0.5) is 0 Å². The quantitative estimate of drug-likeness (QED) is 0.769. The van der Waals surface area contributed by atoms with Gasteiger partial charge in [-0.25, -0.2) is 0 Å². The van der Waals surface area contributed by atoms with Gasteiger partial charge in [0.1, 0.15) is 5.76 Å². The Morgan fingerprint density at radius 2 is 1.83 bits per heavy atom. The zero-order valence-electron chi connectivity index (χ0n) is 9.87. The molecule has 0 aliphatic carbocycles. The number of rotatable bonds is 4. The zero-order chi connectivity index (χ0) is 13.1. The highest BCUT2D eigenvalue weighted by atomic mass is 35.5. The number of carbonyl (C=O) groups excluding carboxylic acids is 1. The van der Waals surface area contributed by atoms with Crippen molar-refractivity contribution in [3.05, 3.63) is 57.5 Å². The van der Waals surface area contributed by atoms with Crippen molar-refractivity contribution in [3.63, 3.8) is 0 Å². The van der Waals surface area contributed by atoms with E-state index >= 15 is 0 Å². The number of aryl methyl sites for hydroxylation is 1. The third-order valence-corrected chi connectivity index (χ3v) is 3.39. The molecule has 0 aliphatic heterocycles. The number of halogens is 2. The number of carbonyl (C=O) groups is 1. The number of benzene rings is 1. The van der Waals surface area contributed by atoms with E-state index in [2.05, 4.69) is 0 Å². The van der Waals surface area contributed by atoms with Crippen molar-refractivity contribution in [2.45, 2.75) is 19.8 Å². The van der Waals surface area contributed by atoms with E-state index in [1.165, 1.54) is 0 Å². The van der Waals surface area contributed by atoms with Crippen LogP contribution in [-0.4, -0.2) is 5.78 Å². The molecule has 0 spiro atoms. The minimum absolute atomic E-state index is 0.121. The Bertz CT molecular complexity index is 553. The first kappa shape index (κ1) is 13.2. The Labute approximate surface area is 116 Å². The Balaban J connectivity index is 2.21. The summed E-state index contributed by atoms with van der Waals surface area (Å²) in [6, 6.07) is 8.68. The molecule has 1 aromatic carbocycles. The second-order valence-electron chi connectivity index (χ2n) is 3.92. The van der Waals surface area contributed by atoms with Gasteiger partial charge < -0.3 is 4.42 Å². The summed E-state index contributed by atoms with van der Waals surface area (Å²) in [6.07, 6.45) is 0.912. The molecule has 0 fully saturated rings. The molecular weight excluding hydrogens is 271 g/mol. The number of furan rings is 1. The van der Waals surface area contributed by atoms with Gasteiger partial charge in [0.05, 0.1) is 0 Å². The van der Waals surface area contributed by atoms with E-state index in [1.807, 2.05) is 6.92 Å². The molecule has 0 bridgehead atoms. The van der Waals surface area contributed by atoms with Crippen LogP contribution in [0.15, 0.2) is 34.7 Å². The maximum absolute atomic E-state index is 12.0. The van der Waals surface area contributed by atoms with E-state index in [9.17, 15) is 4.79 Å². The van der Waals surface area contributed by atoms with Crippen LogP contribution in [0.3, 0.4) is 0 Å². The van der Waals surface area contributed by atoms with Crippen molar-refractivity contribution in [2.75, 3.05) is 0 Å². The summed E-state index contributed by atoms with van der Waals surface area (Å²) in [7, 11) is 0. The summed E-state index contributed by atoms with van der Waals surface area (Å²) in [5.74, 6) is 1.02. The summed E-state index contributed by atoms with van der Waals surface area (Å²) in [5, 5.41) is 0.997. The maximum atomic E-state index is 12.0. The summed E-state index contributed by atoms with van der Waals surface area (Å²) in [6.45, 7) is 1.97. The Kier molecular flexibility index (Phi) is 4.10. The first-order valence-corrected chi connectivity index (χ1v) is 6.42. The van der Waals surface area contributed by atoms with Gasteiger partial charge in [0, 0.05) is 22.9 Å². The predicted molar refractivity (Wildman–Crippen MR) is 72.6 cm³/mol. The van der Waals surface area contributed by atoms with E-state index in [4.69, 9.17) is 27.6 Å². The summed E-state index contributed by atoms with van der Waals surface area (Å²) in [5.41, 5.74) is 0.639. The van der Waals surface area contributed by atoms with Crippen LogP contribution < -0.4 is 0 Å². The maximum Gasteiger partial charge on any atom is 0.202 e. The molecule has 0 atom stereocenters. The van der Waals surface area contributed by atoms with Crippen LogP contribution >= 0.6 is 23.2 Å². The first-order valence-electron chi connectivity index (χ1n) is 5.66. The molecule has 1 heterocycles. The van der Waals surface area contributed by atoms with Crippen LogP contribution in [0, 0.1) is 0 Å². The molecular formula is C14H12Cl2O2. The molecule has 0 saturated carbocycles. The van der Waals surface area contributed by atoms with Gasteiger partial charge in [0.15, 0.2) is 5.76 Å². The summed E-state index contributed by atoms with van der Waals surface area (Å²) < 4.78 is 5.41. The SMILES string of the molecule is CCc1ccc(C(=O)Cc2c(Cl)cccc2Cl)o1. The van der Waals surface area contributed by atoms with Crippen molar-refractivity contribution in [1.29, 1.82) is 0 Å². The van der Waals surface area contributed by atoms with E-state index < -0.39 is 0 Å². The average molecular weight is 283 g/mol. The van der Waals surface area contributed by atoms with Gasteiger partial charge in [0.2, 0.25) is 5.78 Å². The second-order valence-corrected chi connectivity index (χ2v) is 4.73. The standard InChI is InChI=1S/C14H12Cl2O2/c1-2-9-6-7-14(18-9)13(17)8-10-11(15)4-3-5-12(10)16/h3-7H,2,8H2,1H3. The molecule has 4 heteroatoms. The number of ketones is 1. The van der Waals surface area contributed by atoms with Crippen LogP contribution in [-0.2, 0) is 12.8 Å². The summed E-state index contributed by atoms with van der Waals surface area (Å²) in [4.78, 5) is 12.0. The molecule has 0 radical (unpaired) electrons. The largest absolute Gasteiger partial charge is 0.458 e. The molecule has 2 nitrogen and oxygen atoms in total. The number of hydrogen-bond donors (Lipinski definition) is 0. The fraction of sp³-hybridized carbons (Fsp3) is 0.214. The van der Waals surface area contributed by atoms with Crippen molar-refractivity contribution < 1.29 is 9.21 Å². The minimum Gasteiger partial charge on any atom is -0.458 e. The Hall–Kier alpha value is -1.25. The monoisotopic (exact) mass is 282 g/mol. The van der Waals surface area contributed by atoms with Crippen LogP contribution in [0.2, 0.25) is 10.0 Å². The minimum atomic E-state index is -0.121. The third-order valence-electron chi connectivity index (χ3n) is 2.68. The van der Waals surface area contributed by atoms with Crippen LogP contribution in [0.5, 0.6) is 0 Å². The predicted octanol–water partition coefficient (Wildman–Crippen LogP) is 4.57. The topological polar surface area (TPSA) is 30.2 Å². The van der Waals surface area contributed by atoms with E-state index in [0.29, 0.717) is 21.4 Å². The highest BCUT2D eigenvalue weighted by Crippen LogP contribution is 2.26. The van der Waals surface area contributed by atoms with E-state index in [1.54, 1.807) is 30.3 Å². The van der Waals surface area contributed by atoms with Crippen LogP contribution in [0.25, 0.3) is 0 Å². The van der Waals surface area contributed by atoms with Gasteiger partial charge in [-0.1, -0.05) is 36.2 Å². The first-order chi connectivity index (χ1) is 8.61. The highest BCUT2D eigenvalue weighted by Gasteiger charge is 2.15. The molecule has 0 aliphatic rings. The molecule has 0 saturated heterocycles. The Morgan fingerprint density at radius 1 is 1.17 bits per heavy atom. The number of hydrogen-bond acceptors (Lipinski definition) is 2. The van der Waals surface area contributed by atoms with Gasteiger partial charge in [-0.2, -0.15) is 0 Å². The molecule has 1 aromatic heterocycles. The second kappa shape index (κ2) is 5.59. The normalized spacial score (nSPS) is 10.6. The van der Waals surface area contributed by atoms with Gasteiger partial charge in [-0.3, -0.25) is 4.79 Å². The van der Waals surface area contributed by atoms with Gasteiger partial charge in [-0.05, 0) is 29.8 Å². The zero-order valence-corrected chi connectivity index (χ0v) is 11.4. The van der Waals surface area contributed by atoms with Gasteiger partial charge in [0.25, 0.3) is 0 Å². The van der Waals surface area contributed by atoms with E-state index in [0.717, 1.165) is 12.2 Å². The smallest absolute Gasteiger partial charge is 0.202 e. The lowest BCUT2D eigenvalue weighted by atomic mass is 10.1. The lowest BCUT2D eigenvalue weighted by molar-refractivity contribution is 0.0965. The third kappa shape index (κ3) is 2.77. The van der Waals surface area contributed by atoms with Gasteiger partial charge in [-0.15, -0.1) is 0 Å². The van der Waals surface area contributed by atoms with Crippen molar-refractivity contribution in [3.8, 4) is 0 Å². The fourth-order valence-corrected chi connectivity index (χ4v) is 2.20. The molecule has 2 aromatic rings. The molecule has 94 valence electrons. The molecule has 18 heavy (non-hydrogen) atoms. The molecule has 2 rings (SSSR count). The van der Waals surface area contributed by atoms with Crippen molar-refractivity contribution in [1.82, 2.24) is 0 Å². The lowest BCUT2D eigenvalue weighted by Crippen LogP contribution is -2.03. The van der Waals surface area contributed by atoms with E-state index in [-0.39, 0.29) is 12.2 Å². The fourth-order valence-electron chi connectivity index (χ4n) is 1.67. The van der Waals surface area contributed by atoms with Crippen molar-refractivity contribution in [2.24, 2.45) is 0 Å². The summed E-state index contributed by atoms with van der Waals surface area (Å²) >= 11 is 12.1. The lowest BCUT2D eigenvalue weighted by Gasteiger charge is -2.04. The average Bonchev–Trinajstić information content (AvgIpc) is 2.82. The number of Topliss-reactive ketones (excluding diaryl/α,β-unsaturated/α-hetero) is 1. The van der Waals surface area contributed by atoms with Crippen molar-refractivity contribution >= 4 is 29.0 Å². The molecule has 0 unspecified atom stereocenters. The highest BCUT2D eigenvalue weighted by molar-refractivity contribution is 6.36. The molecule has 0 amide bonds. The van der Waals surface area contributed by atoms with Crippen LogP contribution in [0.1, 0.15) is 28.8 Å².